The molecule has 0 spiro atoms. The molecule has 1 aromatic heterocycles. The fourth-order valence-electron chi connectivity index (χ4n) is 1.91. The smallest absolute Gasteiger partial charge is 0.272 e. The second-order valence-electron chi connectivity index (χ2n) is 4.48. The molecule has 0 N–H and O–H groups in total. The molecule has 1 amide bonds. The zero-order valence-corrected chi connectivity index (χ0v) is 13.4. The first-order valence-electron chi connectivity index (χ1n) is 6.44. The summed E-state index contributed by atoms with van der Waals surface area (Å²) < 4.78 is 23.3. The molecule has 0 aliphatic rings. The molecule has 1 rings (SSSR count). The van der Waals surface area contributed by atoms with Crippen LogP contribution in [0.1, 0.15) is 31.3 Å². The average molecular weight is 319 g/mol. The Morgan fingerprint density at radius 1 is 1.40 bits per heavy atom. The van der Waals surface area contributed by atoms with Gasteiger partial charge in [0.15, 0.2) is 9.84 Å². The molecule has 0 aliphatic carbocycles. The largest absolute Gasteiger partial charge is 0.334 e. The van der Waals surface area contributed by atoms with E-state index in [0.717, 1.165) is 0 Å². The fourth-order valence-corrected chi connectivity index (χ4v) is 3.22. The van der Waals surface area contributed by atoms with E-state index in [0.29, 0.717) is 6.54 Å². The number of hydrogen-bond acceptors (Lipinski definition) is 4. The molecule has 1 atom stereocenters. The van der Waals surface area contributed by atoms with Gasteiger partial charge in [-0.3, -0.25) is 4.79 Å². The molecule has 1 aromatic rings. The van der Waals surface area contributed by atoms with Crippen LogP contribution in [0.3, 0.4) is 0 Å². The van der Waals surface area contributed by atoms with Crippen LogP contribution in [0.5, 0.6) is 0 Å². The summed E-state index contributed by atoms with van der Waals surface area (Å²) in [5.41, 5.74) is 0.222. The van der Waals surface area contributed by atoms with E-state index in [2.05, 4.69) is 4.98 Å². The van der Waals surface area contributed by atoms with Crippen LogP contribution in [0.2, 0.25) is 5.15 Å². The topological polar surface area (TPSA) is 67.3 Å². The molecule has 0 bridgehead atoms. The monoisotopic (exact) mass is 318 g/mol. The molecule has 0 saturated heterocycles. The van der Waals surface area contributed by atoms with E-state index in [1.165, 1.54) is 4.90 Å². The molecule has 20 heavy (non-hydrogen) atoms. The Labute approximate surface area is 124 Å². The van der Waals surface area contributed by atoms with Gasteiger partial charge in [0.25, 0.3) is 5.91 Å². The normalized spacial score (nSPS) is 13.0. The lowest BCUT2D eigenvalue weighted by atomic mass is 10.2. The summed E-state index contributed by atoms with van der Waals surface area (Å²) in [6.07, 6.45) is 0. The molecule has 112 valence electrons. The maximum Gasteiger partial charge on any atom is 0.272 e. The summed E-state index contributed by atoms with van der Waals surface area (Å²) in [6.45, 7) is 5.53. The minimum absolute atomic E-state index is 0.0519. The Morgan fingerprint density at radius 3 is 2.55 bits per heavy atom. The molecule has 0 radical (unpaired) electrons. The van der Waals surface area contributed by atoms with Gasteiger partial charge in [-0.1, -0.05) is 24.6 Å². The van der Waals surface area contributed by atoms with E-state index in [1.54, 1.807) is 39.0 Å². The van der Waals surface area contributed by atoms with Gasteiger partial charge in [-0.05, 0) is 26.0 Å². The van der Waals surface area contributed by atoms with E-state index < -0.39 is 15.9 Å². The van der Waals surface area contributed by atoms with Crippen LogP contribution in [0.4, 0.5) is 0 Å². The number of nitrogens with zero attached hydrogens (tertiary/aromatic N) is 2. The highest BCUT2D eigenvalue weighted by Crippen LogP contribution is 2.11. The zero-order valence-electron chi connectivity index (χ0n) is 11.8. The molecule has 1 heterocycles. The lowest BCUT2D eigenvalue weighted by Crippen LogP contribution is -2.42. The van der Waals surface area contributed by atoms with Crippen LogP contribution < -0.4 is 0 Å². The van der Waals surface area contributed by atoms with Crippen molar-refractivity contribution >= 4 is 27.3 Å². The standard InChI is InChI=1S/C13H19ClN2O3S/c1-4-16(10(3)9-20(18,19)5-2)13(17)11-7-6-8-12(14)15-11/h6-8,10H,4-5,9H2,1-3H3. The van der Waals surface area contributed by atoms with E-state index in [-0.39, 0.29) is 28.3 Å². The molecule has 0 aromatic carbocycles. The van der Waals surface area contributed by atoms with E-state index >= 15 is 0 Å². The van der Waals surface area contributed by atoms with Gasteiger partial charge in [-0.15, -0.1) is 0 Å². The lowest BCUT2D eigenvalue weighted by Gasteiger charge is -2.27. The number of pyridine rings is 1. The van der Waals surface area contributed by atoms with Crippen molar-refractivity contribution in [2.75, 3.05) is 18.1 Å². The number of rotatable bonds is 6. The van der Waals surface area contributed by atoms with Crippen LogP contribution in [0.25, 0.3) is 0 Å². The molecule has 0 fully saturated rings. The first-order valence-corrected chi connectivity index (χ1v) is 8.64. The van der Waals surface area contributed by atoms with Gasteiger partial charge in [-0.2, -0.15) is 0 Å². The van der Waals surface area contributed by atoms with Crippen LogP contribution >= 0.6 is 11.6 Å². The lowest BCUT2D eigenvalue weighted by molar-refractivity contribution is 0.0713. The van der Waals surface area contributed by atoms with Gasteiger partial charge in [0.05, 0.1) is 5.75 Å². The second-order valence-corrected chi connectivity index (χ2v) is 7.27. The van der Waals surface area contributed by atoms with Crippen molar-refractivity contribution in [1.29, 1.82) is 0 Å². The highest BCUT2D eigenvalue weighted by atomic mass is 35.5. The molecular weight excluding hydrogens is 300 g/mol. The predicted molar refractivity (Wildman–Crippen MR) is 79.7 cm³/mol. The molecule has 5 nitrogen and oxygen atoms in total. The minimum Gasteiger partial charge on any atom is -0.334 e. The van der Waals surface area contributed by atoms with Crippen LogP contribution in [0.15, 0.2) is 18.2 Å². The highest BCUT2D eigenvalue weighted by molar-refractivity contribution is 7.91. The van der Waals surface area contributed by atoms with Crippen LogP contribution in [-0.2, 0) is 9.84 Å². The third-order valence-electron chi connectivity index (χ3n) is 3.00. The van der Waals surface area contributed by atoms with Crippen molar-refractivity contribution in [3.05, 3.63) is 29.0 Å². The van der Waals surface area contributed by atoms with Gasteiger partial charge >= 0.3 is 0 Å². The van der Waals surface area contributed by atoms with E-state index in [1.807, 2.05) is 0 Å². The zero-order chi connectivity index (χ0) is 15.3. The van der Waals surface area contributed by atoms with Crippen molar-refractivity contribution in [1.82, 2.24) is 9.88 Å². The quantitative estimate of drug-likeness (QED) is 0.753. The first kappa shape index (κ1) is 16.9. The van der Waals surface area contributed by atoms with Gasteiger partial charge in [0, 0.05) is 18.3 Å². The summed E-state index contributed by atoms with van der Waals surface area (Å²) in [6, 6.07) is 4.39. The van der Waals surface area contributed by atoms with Crippen molar-refractivity contribution in [3.8, 4) is 0 Å². The number of carbonyl (C=O) groups is 1. The number of sulfone groups is 1. The Balaban J connectivity index is 2.93. The summed E-state index contributed by atoms with van der Waals surface area (Å²) in [4.78, 5) is 17.8. The van der Waals surface area contributed by atoms with Gasteiger partial charge in [-0.25, -0.2) is 13.4 Å². The number of aromatic nitrogens is 1. The SMILES string of the molecule is CCN(C(=O)c1cccc(Cl)n1)C(C)CS(=O)(=O)CC. The van der Waals surface area contributed by atoms with Crippen molar-refractivity contribution in [2.45, 2.75) is 26.8 Å². The molecular formula is C13H19ClN2O3S. The Hall–Kier alpha value is -1.14. The van der Waals surface area contributed by atoms with Gasteiger partial charge in [0.1, 0.15) is 10.8 Å². The average Bonchev–Trinajstić information content (AvgIpc) is 2.38. The molecule has 7 heteroatoms. The first-order chi connectivity index (χ1) is 9.30. The summed E-state index contributed by atoms with van der Waals surface area (Å²) >= 11 is 5.77. The predicted octanol–water partition coefficient (Wildman–Crippen LogP) is 2.02. The Morgan fingerprint density at radius 2 is 2.05 bits per heavy atom. The highest BCUT2D eigenvalue weighted by Gasteiger charge is 2.24. The Bertz CT molecular complexity index is 575. The van der Waals surface area contributed by atoms with Crippen molar-refractivity contribution in [3.63, 3.8) is 0 Å². The molecule has 1 unspecified atom stereocenters. The molecule has 0 saturated carbocycles. The Kier molecular flexibility index (Phi) is 5.95. The summed E-state index contributed by atoms with van der Waals surface area (Å²) in [5.74, 6) is -0.295. The third-order valence-corrected chi connectivity index (χ3v) is 5.08. The second kappa shape index (κ2) is 7.04. The van der Waals surface area contributed by atoms with Gasteiger partial charge < -0.3 is 4.90 Å². The summed E-state index contributed by atoms with van der Waals surface area (Å²) in [5, 5.41) is 0.237. The fraction of sp³-hybridized carbons (Fsp3) is 0.538. The van der Waals surface area contributed by atoms with E-state index in [4.69, 9.17) is 11.6 Å². The van der Waals surface area contributed by atoms with Gasteiger partial charge in [0.2, 0.25) is 0 Å². The van der Waals surface area contributed by atoms with Crippen LogP contribution in [-0.4, -0.2) is 48.3 Å². The number of hydrogen-bond donors (Lipinski definition) is 0. The third kappa shape index (κ3) is 4.45. The van der Waals surface area contributed by atoms with Crippen molar-refractivity contribution < 1.29 is 13.2 Å². The van der Waals surface area contributed by atoms with Crippen molar-refractivity contribution in [2.24, 2.45) is 0 Å². The van der Waals surface area contributed by atoms with E-state index in [9.17, 15) is 13.2 Å². The number of amides is 1. The summed E-state index contributed by atoms with van der Waals surface area (Å²) in [7, 11) is -3.14. The van der Waals surface area contributed by atoms with Crippen LogP contribution in [0, 0.1) is 0 Å². The number of carbonyl (C=O) groups excluding carboxylic acids is 1. The molecule has 0 aliphatic heterocycles. The maximum absolute atomic E-state index is 12.4. The number of halogens is 1. The maximum atomic E-state index is 12.4. The minimum atomic E-state index is -3.14.